The van der Waals surface area contributed by atoms with Crippen LogP contribution < -0.4 is 10.1 Å². The van der Waals surface area contributed by atoms with E-state index in [0.29, 0.717) is 5.69 Å². The maximum atomic E-state index is 13.1. The number of nitrogens with one attached hydrogen (secondary N) is 2. The molecule has 3 aromatic rings. The van der Waals surface area contributed by atoms with Crippen molar-refractivity contribution in [1.29, 1.82) is 0 Å². The van der Waals surface area contributed by atoms with E-state index in [9.17, 15) is 4.79 Å². The first-order chi connectivity index (χ1) is 13.2. The summed E-state index contributed by atoms with van der Waals surface area (Å²) in [6.45, 7) is 4.05. The fourth-order valence-electron chi connectivity index (χ4n) is 3.27. The molecule has 5 heteroatoms. The molecule has 2 aromatic carbocycles. The summed E-state index contributed by atoms with van der Waals surface area (Å²) in [5, 5.41) is 10.6. The van der Waals surface area contributed by atoms with E-state index in [1.54, 1.807) is 7.11 Å². The van der Waals surface area contributed by atoms with E-state index < -0.39 is 0 Å². The zero-order chi connectivity index (χ0) is 19.2. The number of aromatic amines is 1. The summed E-state index contributed by atoms with van der Waals surface area (Å²) < 4.78 is 5.47. The molecule has 0 spiro atoms. The van der Waals surface area contributed by atoms with Gasteiger partial charge in [-0.3, -0.25) is 9.89 Å². The van der Waals surface area contributed by atoms with Gasteiger partial charge < -0.3 is 10.1 Å². The van der Waals surface area contributed by atoms with Gasteiger partial charge in [0.2, 0.25) is 5.91 Å². The van der Waals surface area contributed by atoms with Crippen LogP contribution >= 0.6 is 0 Å². The van der Waals surface area contributed by atoms with Gasteiger partial charge in [0.1, 0.15) is 11.4 Å². The van der Waals surface area contributed by atoms with E-state index in [2.05, 4.69) is 15.5 Å². The number of hydrogen-bond donors (Lipinski definition) is 2. The minimum absolute atomic E-state index is 0.0315. The number of ether oxygens (including phenoxy) is 1. The van der Waals surface area contributed by atoms with Gasteiger partial charge in [0.05, 0.1) is 24.4 Å². The molecule has 27 heavy (non-hydrogen) atoms. The third-order valence-corrected chi connectivity index (χ3v) is 4.73. The largest absolute Gasteiger partial charge is 0.496 e. The van der Waals surface area contributed by atoms with Crippen LogP contribution in [0, 0.1) is 0 Å². The van der Waals surface area contributed by atoms with E-state index in [4.69, 9.17) is 4.74 Å². The Kier molecular flexibility index (Phi) is 5.91. The number of hydrogen-bond acceptors (Lipinski definition) is 3. The van der Waals surface area contributed by atoms with Crippen molar-refractivity contribution in [1.82, 2.24) is 10.2 Å². The van der Waals surface area contributed by atoms with Gasteiger partial charge >= 0.3 is 0 Å². The molecule has 1 aromatic heterocycles. The highest BCUT2D eigenvalue weighted by Gasteiger charge is 2.23. The van der Waals surface area contributed by atoms with Crippen molar-refractivity contribution in [2.24, 2.45) is 0 Å². The Labute approximate surface area is 159 Å². The van der Waals surface area contributed by atoms with Gasteiger partial charge in [-0.05, 0) is 30.5 Å². The van der Waals surface area contributed by atoms with Crippen molar-refractivity contribution in [2.45, 2.75) is 32.6 Å². The second-order valence-corrected chi connectivity index (χ2v) is 6.34. The molecular weight excluding hydrogens is 338 g/mol. The van der Waals surface area contributed by atoms with E-state index >= 15 is 0 Å². The highest BCUT2D eigenvalue weighted by Crippen LogP contribution is 2.36. The van der Waals surface area contributed by atoms with E-state index in [-0.39, 0.29) is 11.8 Å². The smallest absolute Gasteiger partial charge is 0.232 e. The van der Waals surface area contributed by atoms with Crippen molar-refractivity contribution < 1.29 is 9.53 Å². The summed E-state index contributed by atoms with van der Waals surface area (Å²) in [5.74, 6) is 0.476. The normalized spacial score (nSPS) is 11.8. The SMILES string of the molecule is CCc1[nH]nc(-c2ccccc2OC)c1NC(=O)[C@@H](CC)c1ccccc1. The minimum atomic E-state index is -0.212. The maximum absolute atomic E-state index is 13.1. The number of benzene rings is 2. The van der Waals surface area contributed by atoms with Gasteiger partial charge in [-0.25, -0.2) is 0 Å². The highest BCUT2D eigenvalue weighted by atomic mass is 16.5. The topological polar surface area (TPSA) is 67.0 Å². The average Bonchev–Trinajstić information content (AvgIpc) is 3.11. The molecule has 2 N–H and O–H groups in total. The third kappa shape index (κ3) is 3.87. The first-order valence-corrected chi connectivity index (χ1v) is 9.26. The number of aryl methyl sites for hydroxylation is 1. The molecule has 0 aliphatic rings. The molecular formula is C22H25N3O2. The lowest BCUT2D eigenvalue weighted by Gasteiger charge is -2.16. The molecule has 0 saturated carbocycles. The Morgan fingerprint density at radius 3 is 2.48 bits per heavy atom. The monoisotopic (exact) mass is 363 g/mol. The van der Waals surface area contributed by atoms with Gasteiger partial charge in [0.25, 0.3) is 0 Å². The zero-order valence-corrected chi connectivity index (χ0v) is 16.0. The lowest BCUT2D eigenvalue weighted by atomic mass is 9.95. The predicted octanol–water partition coefficient (Wildman–Crippen LogP) is 4.78. The number of H-pyrrole nitrogens is 1. The molecule has 0 bridgehead atoms. The number of carbonyl (C=O) groups is 1. The van der Waals surface area contributed by atoms with Crippen molar-refractivity contribution in [2.75, 3.05) is 12.4 Å². The fourth-order valence-corrected chi connectivity index (χ4v) is 3.27. The van der Waals surface area contributed by atoms with Crippen LogP contribution in [0.3, 0.4) is 0 Å². The lowest BCUT2D eigenvalue weighted by molar-refractivity contribution is -0.117. The molecule has 0 aliphatic carbocycles. The van der Waals surface area contributed by atoms with Gasteiger partial charge in [0, 0.05) is 5.56 Å². The average molecular weight is 363 g/mol. The standard InChI is InChI=1S/C22H25N3O2/c1-4-16(15-11-7-6-8-12-15)22(26)23-21-18(5-2)24-25-20(21)17-13-9-10-14-19(17)27-3/h6-14,16H,4-5H2,1-3H3,(H,23,26)(H,24,25)/t16-/m0/s1. The molecule has 0 saturated heterocycles. The number of para-hydroxylation sites is 1. The Morgan fingerprint density at radius 1 is 1.11 bits per heavy atom. The molecule has 0 radical (unpaired) electrons. The van der Waals surface area contributed by atoms with Crippen molar-refractivity contribution in [3.8, 4) is 17.0 Å². The van der Waals surface area contributed by atoms with Crippen LogP contribution in [0.15, 0.2) is 54.6 Å². The zero-order valence-electron chi connectivity index (χ0n) is 16.0. The van der Waals surface area contributed by atoms with Crippen LogP contribution in [-0.4, -0.2) is 23.2 Å². The predicted molar refractivity (Wildman–Crippen MR) is 108 cm³/mol. The first kappa shape index (κ1) is 18.7. The van der Waals surface area contributed by atoms with Crippen LogP contribution in [-0.2, 0) is 11.2 Å². The van der Waals surface area contributed by atoms with Crippen LogP contribution in [0.25, 0.3) is 11.3 Å². The summed E-state index contributed by atoms with van der Waals surface area (Å²) in [6.07, 6.45) is 1.46. The van der Waals surface area contributed by atoms with E-state index in [1.807, 2.05) is 68.4 Å². The number of nitrogens with zero attached hydrogens (tertiary/aromatic N) is 1. The summed E-state index contributed by atoms with van der Waals surface area (Å²) in [6, 6.07) is 17.5. The summed E-state index contributed by atoms with van der Waals surface area (Å²) in [7, 11) is 1.63. The Hall–Kier alpha value is -3.08. The molecule has 3 rings (SSSR count). The van der Waals surface area contributed by atoms with Crippen LogP contribution in [0.5, 0.6) is 5.75 Å². The maximum Gasteiger partial charge on any atom is 0.232 e. The van der Waals surface area contributed by atoms with E-state index in [0.717, 1.165) is 41.1 Å². The third-order valence-electron chi connectivity index (χ3n) is 4.73. The highest BCUT2D eigenvalue weighted by molar-refractivity contribution is 5.99. The van der Waals surface area contributed by atoms with Crippen molar-refractivity contribution in [3.63, 3.8) is 0 Å². The summed E-state index contributed by atoms with van der Waals surface area (Å²) >= 11 is 0. The molecule has 5 nitrogen and oxygen atoms in total. The van der Waals surface area contributed by atoms with Crippen molar-refractivity contribution in [3.05, 3.63) is 65.9 Å². The lowest BCUT2D eigenvalue weighted by Crippen LogP contribution is -2.21. The molecule has 140 valence electrons. The van der Waals surface area contributed by atoms with Crippen LogP contribution in [0.2, 0.25) is 0 Å². The number of carbonyl (C=O) groups excluding carboxylic acids is 1. The number of methoxy groups -OCH3 is 1. The molecule has 0 fully saturated rings. The van der Waals surface area contributed by atoms with Gasteiger partial charge in [-0.2, -0.15) is 5.10 Å². The number of amides is 1. The van der Waals surface area contributed by atoms with Gasteiger partial charge in [-0.15, -0.1) is 0 Å². The van der Waals surface area contributed by atoms with Gasteiger partial charge in [-0.1, -0.05) is 56.3 Å². The molecule has 0 unspecified atom stereocenters. The van der Waals surface area contributed by atoms with Gasteiger partial charge in [0.15, 0.2) is 0 Å². The number of anilines is 1. The molecule has 1 amide bonds. The molecule has 1 heterocycles. The number of rotatable bonds is 7. The second-order valence-electron chi connectivity index (χ2n) is 6.34. The Balaban J connectivity index is 1.97. The number of aromatic nitrogens is 2. The minimum Gasteiger partial charge on any atom is -0.496 e. The van der Waals surface area contributed by atoms with Crippen molar-refractivity contribution >= 4 is 11.6 Å². The first-order valence-electron chi connectivity index (χ1n) is 9.26. The quantitative estimate of drug-likeness (QED) is 0.635. The fraction of sp³-hybridized carbons (Fsp3) is 0.273. The van der Waals surface area contributed by atoms with Crippen LogP contribution in [0.4, 0.5) is 5.69 Å². The van der Waals surface area contributed by atoms with Crippen LogP contribution in [0.1, 0.15) is 37.4 Å². The summed E-state index contributed by atoms with van der Waals surface area (Å²) in [4.78, 5) is 13.1. The molecule has 1 atom stereocenters. The second kappa shape index (κ2) is 8.54. The van der Waals surface area contributed by atoms with E-state index in [1.165, 1.54) is 0 Å². The Morgan fingerprint density at radius 2 is 1.81 bits per heavy atom. The summed E-state index contributed by atoms with van der Waals surface area (Å²) in [5.41, 5.74) is 4.17. The Bertz CT molecular complexity index is 903. The molecule has 0 aliphatic heterocycles.